The molecule has 0 saturated carbocycles. The van der Waals surface area contributed by atoms with Gasteiger partial charge in [-0.3, -0.25) is 0 Å². The summed E-state index contributed by atoms with van der Waals surface area (Å²) in [7, 11) is 0. The molecule has 0 amide bonds. The summed E-state index contributed by atoms with van der Waals surface area (Å²) in [5, 5.41) is 1.15. The van der Waals surface area contributed by atoms with E-state index in [2.05, 4.69) is 48.3 Å². The third kappa shape index (κ3) is 2.36. The topological polar surface area (TPSA) is 22.1 Å². The van der Waals surface area contributed by atoms with Crippen LogP contribution in [0, 0.1) is 13.8 Å². The number of thiazole rings is 1. The summed E-state index contributed by atoms with van der Waals surface area (Å²) in [4.78, 5) is 5.80. The van der Waals surface area contributed by atoms with E-state index in [-0.39, 0.29) is 11.7 Å². The molecule has 2 unspecified atom stereocenters. The lowest BCUT2D eigenvalue weighted by molar-refractivity contribution is -0.00968. The van der Waals surface area contributed by atoms with Crippen molar-refractivity contribution in [3.63, 3.8) is 0 Å². The SMILES string of the molecule is Cc1nc(C)c(C2CCC(C)(CI)O2)s1. The van der Waals surface area contributed by atoms with Crippen LogP contribution in [-0.2, 0) is 4.74 Å². The van der Waals surface area contributed by atoms with Crippen LogP contribution < -0.4 is 0 Å². The second-order valence-corrected chi connectivity index (χ2v) is 6.41. The molecule has 2 rings (SSSR count). The van der Waals surface area contributed by atoms with E-state index < -0.39 is 0 Å². The first-order valence-corrected chi connectivity index (χ1v) is 7.56. The van der Waals surface area contributed by atoms with Gasteiger partial charge in [0, 0.05) is 4.43 Å². The maximum Gasteiger partial charge on any atom is 0.0944 e. The average Bonchev–Trinajstić information content (AvgIpc) is 2.71. The van der Waals surface area contributed by atoms with Crippen molar-refractivity contribution in [1.29, 1.82) is 0 Å². The van der Waals surface area contributed by atoms with Gasteiger partial charge in [-0.15, -0.1) is 11.3 Å². The van der Waals surface area contributed by atoms with Crippen LogP contribution >= 0.6 is 33.9 Å². The van der Waals surface area contributed by atoms with Gasteiger partial charge < -0.3 is 4.74 Å². The largest absolute Gasteiger partial charge is 0.366 e. The van der Waals surface area contributed by atoms with Gasteiger partial charge >= 0.3 is 0 Å². The number of hydrogen-bond donors (Lipinski definition) is 0. The molecule has 1 aromatic heterocycles. The third-order valence-electron chi connectivity index (χ3n) is 2.88. The Morgan fingerprint density at radius 1 is 1.60 bits per heavy atom. The van der Waals surface area contributed by atoms with E-state index in [9.17, 15) is 0 Å². The average molecular weight is 337 g/mol. The predicted octanol–water partition coefficient (Wildman–Crippen LogP) is 3.81. The van der Waals surface area contributed by atoms with Crippen LogP contribution in [0.4, 0.5) is 0 Å². The lowest BCUT2D eigenvalue weighted by atomic mass is 10.0. The number of hydrogen-bond acceptors (Lipinski definition) is 3. The molecule has 0 bridgehead atoms. The summed E-state index contributed by atoms with van der Waals surface area (Å²) >= 11 is 4.20. The van der Waals surface area contributed by atoms with Gasteiger partial charge in [-0.05, 0) is 33.6 Å². The molecule has 0 spiro atoms. The fraction of sp³-hybridized carbons (Fsp3) is 0.727. The number of nitrogens with zero attached hydrogens (tertiary/aromatic N) is 1. The molecule has 0 radical (unpaired) electrons. The number of ether oxygens (including phenoxy) is 1. The van der Waals surface area contributed by atoms with Gasteiger partial charge in [-0.25, -0.2) is 4.98 Å². The van der Waals surface area contributed by atoms with Crippen molar-refractivity contribution in [3.05, 3.63) is 15.6 Å². The molecule has 84 valence electrons. The lowest BCUT2D eigenvalue weighted by Crippen LogP contribution is -2.24. The zero-order valence-electron chi connectivity index (χ0n) is 9.34. The van der Waals surface area contributed by atoms with E-state index in [1.807, 2.05) is 0 Å². The first-order chi connectivity index (χ1) is 7.04. The minimum absolute atomic E-state index is 0.0789. The minimum Gasteiger partial charge on any atom is -0.366 e. The van der Waals surface area contributed by atoms with Crippen LogP contribution in [0.2, 0.25) is 0 Å². The molecule has 1 saturated heterocycles. The summed E-state index contributed by atoms with van der Waals surface area (Å²) in [5.41, 5.74) is 1.23. The molecule has 2 atom stereocenters. The molecule has 1 aliphatic rings. The maximum atomic E-state index is 6.14. The van der Waals surface area contributed by atoms with E-state index in [4.69, 9.17) is 4.74 Å². The Balaban J connectivity index is 2.17. The number of aryl methyl sites for hydroxylation is 2. The molecular weight excluding hydrogens is 321 g/mol. The molecular formula is C11H16INOS. The Labute approximate surface area is 109 Å². The van der Waals surface area contributed by atoms with Crippen molar-refractivity contribution in [2.45, 2.75) is 45.3 Å². The fourth-order valence-electron chi connectivity index (χ4n) is 2.03. The van der Waals surface area contributed by atoms with E-state index in [0.717, 1.165) is 28.0 Å². The van der Waals surface area contributed by atoms with E-state index in [0.29, 0.717) is 0 Å². The number of aromatic nitrogens is 1. The van der Waals surface area contributed by atoms with Gasteiger partial charge in [0.1, 0.15) is 0 Å². The summed E-state index contributed by atoms with van der Waals surface area (Å²) in [6.07, 6.45) is 2.59. The molecule has 2 heterocycles. The summed E-state index contributed by atoms with van der Waals surface area (Å²) < 4.78 is 7.21. The molecule has 1 aromatic rings. The maximum absolute atomic E-state index is 6.14. The molecule has 1 aliphatic heterocycles. The first-order valence-electron chi connectivity index (χ1n) is 5.22. The number of rotatable bonds is 2. The Kier molecular flexibility index (Phi) is 3.38. The zero-order valence-corrected chi connectivity index (χ0v) is 12.3. The van der Waals surface area contributed by atoms with Crippen LogP contribution in [0.15, 0.2) is 0 Å². The molecule has 0 aromatic carbocycles. The third-order valence-corrected chi connectivity index (χ3v) is 5.66. The first kappa shape index (κ1) is 11.8. The highest BCUT2D eigenvalue weighted by Gasteiger charge is 2.37. The number of alkyl halides is 1. The van der Waals surface area contributed by atoms with Gasteiger partial charge in [-0.1, -0.05) is 22.6 Å². The van der Waals surface area contributed by atoms with Gasteiger partial charge in [0.25, 0.3) is 0 Å². The Bertz CT molecular complexity index is 365. The zero-order chi connectivity index (χ0) is 11.1. The van der Waals surface area contributed by atoms with Crippen molar-refractivity contribution < 1.29 is 4.74 Å². The van der Waals surface area contributed by atoms with Crippen molar-refractivity contribution >= 4 is 33.9 Å². The molecule has 15 heavy (non-hydrogen) atoms. The van der Waals surface area contributed by atoms with Crippen molar-refractivity contribution in [1.82, 2.24) is 4.98 Å². The number of halogens is 1. The smallest absolute Gasteiger partial charge is 0.0944 e. The summed E-state index contributed by atoms with van der Waals surface area (Å²) in [6, 6.07) is 0. The second-order valence-electron chi connectivity index (χ2n) is 4.41. The van der Waals surface area contributed by atoms with Crippen molar-refractivity contribution in [2.24, 2.45) is 0 Å². The molecule has 4 heteroatoms. The van der Waals surface area contributed by atoms with Crippen LogP contribution in [-0.4, -0.2) is 15.0 Å². The minimum atomic E-state index is 0.0789. The van der Waals surface area contributed by atoms with Gasteiger partial charge in [0.2, 0.25) is 0 Å². The molecule has 1 fully saturated rings. The highest BCUT2D eigenvalue weighted by molar-refractivity contribution is 14.1. The van der Waals surface area contributed by atoms with Crippen LogP contribution in [0.5, 0.6) is 0 Å². The van der Waals surface area contributed by atoms with E-state index >= 15 is 0 Å². The lowest BCUT2D eigenvalue weighted by Gasteiger charge is -2.21. The standard InChI is InChI=1S/C11H16INOS/c1-7-10(15-8(2)13-7)9-4-5-11(3,6-12)14-9/h9H,4-6H2,1-3H3. The monoisotopic (exact) mass is 337 g/mol. The van der Waals surface area contributed by atoms with Crippen LogP contribution in [0.25, 0.3) is 0 Å². The van der Waals surface area contributed by atoms with Gasteiger partial charge in [0.15, 0.2) is 0 Å². The Hall–Kier alpha value is 0.320. The highest BCUT2D eigenvalue weighted by Crippen LogP contribution is 2.42. The van der Waals surface area contributed by atoms with Gasteiger partial charge in [0.05, 0.1) is 27.3 Å². The molecule has 0 aliphatic carbocycles. The normalized spacial score (nSPS) is 31.1. The van der Waals surface area contributed by atoms with Gasteiger partial charge in [-0.2, -0.15) is 0 Å². The van der Waals surface area contributed by atoms with Crippen molar-refractivity contribution in [3.8, 4) is 0 Å². The fourth-order valence-corrected chi connectivity index (χ4v) is 3.58. The quantitative estimate of drug-likeness (QED) is 0.605. The van der Waals surface area contributed by atoms with Crippen molar-refractivity contribution in [2.75, 3.05) is 4.43 Å². The second kappa shape index (κ2) is 4.30. The van der Waals surface area contributed by atoms with Crippen LogP contribution in [0.3, 0.4) is 0 Å². The molecule has 2 nitrogen and oxygen atoms in total. The molecule has 0 N–H and O–H groups in total. The van der Waals surface area contributed by atoms with E-state index in [1.54, 1.807) is 11.3 Å². The summed E-state index contributed by atoms with van der Waals surface area (Å²) in [6.45, 7) is 6.36. The Morgan fingerprint density at radius 3 is 2.80 bits per heavy atom. The highest BCUT2D eigenvalue weighted by atomic mass is 127. The predicted molar refractivity (Wildman–Crippen MR) is 71.9 cm³/mol. The van der Waals surface area contributed by atoms with E-state index in [1.165, 1.54) is 4.88 Å². The Morgan fingerprint density at radius 2 is 2.33 bits per heavy atom. The summed E-state index contributed by atoms with van der Waals surface area (Å²) in [5.74, 6) is 0. The van der Waals surface area contributed by atoms with Crippen LogP contribution in [0.1, 0.15) is 41.4 Å².